The van der Waals surface area contributed by atoms with Crippen molar-refractivity contribution in [1.29, 1.82) is 0 Å². The van der Waals surface area contributed by atoms with Crippen molar-refractivity contribution in [3.05, 3.63) is 28.8 Å². The molecule has 0 aromatic heterocycles. The number of carboxylic acids is 1. The molecule has 0 bridgehead atoms. The molecule has 10 heteroatoms. The molecule has 0 aliphatic heterocycles. The molecule has 0 radical (unpaired) electrons. The van der Waals surface area contributed by atoms with Crippen LogP contribution in [-0.2, 0) is 10.0 Å². The molecule has 0 saturated heterocycles. The lowest BCUT2D eigenvalue weighted by molar-refractivity contribution is 0.0697. The monoisotopic (exact) mass is 335 g/mol. The van der Waals surface area contributed by atoms with E-state index >= 15 is 0 Å². The van der Waals surface area contributed by atoms with Gasteiger partial charge in [0.15, 0.2) is 0 Å². The summed E-state index contributed by atoms with van der Waals surface area (Å²) in [5.41, 5.74) is 0.124. The fourth-order valence-electron chi connectivity index (χ4n) is 1.33. The molecule has 116 valence electrons. The van der Waals surface area contributed by atoms with E-state index in [0.29, 0.717) is 0 Å². The van der Waals surface area contributed by atoms with Crippen LogP contribution in [0.4, 0.5) is 10.5 Å². The quantitative estimate of drug-likeness (QED) is 0.570. The highest BCUT2D eigenvalue weighted by Gasteiger charge is 2.10. The minimum Gasteiger partial charge on any atom is -0.478 e. The summed E-state index contributed by atoms with van der Waals surface area (Å²) in [6.07, 6.45) is 1.00. The molecule has 21 heavy (non-hydrogen) atoms. The third-order valence-electron chi connectivity index (χ3n) is 2.24. The fourth-order valence-corrected chi connectivity index (χ4v) is 1.97. The van der Waals surface area contributed by atoms with Crippen LogP contribution in [0.2, 0.25) is 5.02 Å². The Kier molecular flexibility index (Phi) is 5.94. The number of nitrogens with one attached hydrogen (secondary N) is 3. The summed E-state index contributed by atoms with van der Waals surface area (Å²) in [5, 5.41) is 13.8. The lowest BCUT2D eigenvalue weighted by atomic mass is 10.2. The average Bonchev–Trinajstić information content (AvgIpc) is 2.36. The van der Waals surface area contributed by atoms with Crippen molar-refractivity contribution in [2.75, 3.05) is 24.7 Å². The van der Waals surface area contributed by atoms with Gasteiger partial charge in [0, 0.05) is 13.1 Å². The summed E-state index contributed by atoms with van der Waals surface area (Å²) in [6, 6.07) is 3.25. The number of hydrogen-bond acceptors (Lipinski definition) is 4. The van der Waals surface area contributed by atoms with Gasteiger partial charge in [-0.05, 0) is 18.2 Å². The molecule has 0 saturated carbocycles. The van der Waals surface area contributed by atoms with E-state index in [4.69, 9.17) is 16.7 Å². The van der Waals surface area contributed by atoms with Crippen molar-refractivity contribution in [3.8, 4) is 0 Å². The van der Waals surface area contributed by atoms with Gasteiger partial charge in [-0.25, -0.2) is 22.7 Å². The van der Waals surface area contributed by atoms with Crippen LogP contribution in [-0.4, -0.2) is 44.9 Å². The Labute approximate surface area is 126 Å². The van der Waals surface area contributed by atoms with Gasteiger partial charge >= 0.3 is 12.0 Å². The van der Waals surface area contributed by atoms with Crippen LogP contribution in [0.15, 0.2) is 18.2 Å². The lowest BCUT2D eigenvalue weighted by Crippen LogP contribution is -2.36. The van der Waals surface area contributed by atoms with Gasteiger partial charge in [-0.3, -0.25) is 0 Å². The second-order valence-corrected chi connectivity index (χ2v) is 6.29. The van der Waals surface area contributed by atoms with Crippen molar-refractivity contribution in [2.24, 2.45) is 0 Å². The van der Waals surface area contributed by atoms with Crippen LogP contribution in [0.5, 0.6) is 0 Å². The van der Waals surface area contributed by atoms with Crippen LogP contribution < -0.4 is 15.4 Å². The molecule has 0 fully saturated rings. The summed E-state index contributed by atoms with van der Waals surface area (Å²) >= 11 is 5.84. The van der Waals surface area contributed by atoms with Gasteiger partial charge in [0.25, 0.3) is 0 Å². The highest BCUT2D eigenvalue weighted by molar-refractivity contribution is 7.88. The van der Waals surface area contributed by atoms with Crippen LogP contribution in [0.25, 0.3) is 0 Å². The van der Waals surface area contributed by atoms with Crippen molar-refractivity contribution in [3.63, 3.8) is 0 Å². The number of amides is 2. The van der Waals surface area contributed by atoms with Gasteiger partial charge < -0.3 is 15.7 Å². The van der Waals surface area contributed by atoms with E-state index in [0.717, 1.165) is 6.26 Å². The van der Waals surface area contributed by atoms with E-state index in [9.17, 15) is 18.0 Å². The summed E-state index contributed by atoms with van der Waals surface area (Å²) in [6.45, 7) is 0.101. The van der Waals surface area contributed by atoms with Gasteiger partial charge in [0.05, 0.1) is 22.5 Å². The Bertz CT molecular complexity index is 647. The standard InChI is InChI=1S/C11H14ClN3O5S/c1-21(19,20)14-5-4-13-11(18)15-9-6-7(10(16)17)2-3-8(9)12/h2-3,6,14H,4-5H2,1H3,(H,16,17)(H2,13,15,18). The number of benzene rings is 1. The Hall–Kier alpha value is -1.84. The molecule has 0 heterocycles. The molecule has 0 atom stereocenters. The van der Waals surface area contributed by atoms with Crippen LogP contribution in [0, 0.1) is 0 Å². The molecule has 4 N–H and O–H groups in total. The smallest absolute Gasteiger partial charge is 0.335 e. The zero-order valence-electron chi connectivity index (χ0n) is 11.0. The molecule has 1 aromatic carbocycles. The van der Waals surface area contributed by atoms with Gasteiger partial charge in [0.1, 0.15) is 0 Å². The van der Waals surface area contributed by atoms with E-state index in [1.54, 1.807) is 0 Å². The molecule has 0 unspecified atom stereocenters. The first kappa shape index (κ1) is 17.2. The molecule has 2 amide bonds. The maximum absolute atomic E-state index is 11.6. The molecular formula is C11H14ClN3O5S. The van der Waals surface area contributed by atoms with Crippen LogP contribution >= 0.6 is 11.6 Å². The number of sulfonamides is 1. The van der Waals surface area contributed by atoms with E-state index in [1.165, 1.54) is 18.2 Å². The third-order valence-corrected chi connectivity index (χ3v) is 3.29. The van der Waals surface area contributed by atoms with E-state index in [-0.39, 0.29) is 29.4 Å². The normalized spacial score (nSPS) is 11.0. The topological polar surface area (TPSA) is 125 Å². The number of carbonyl (C=O) groups is 2. The molecule has 1 rings (SSSR count). The number of rotatable bonds is 6. The molecule has 1 aromatic rings. The molecule has 0 aliphatic rings. The van der Waals surface area contributed by atoms with E-state index in [1.807, 2.05) is 0 Å². The summed E-state index contributed by atoms with van der Waals surface area (Å²) < 4.78 is 23.8. The maximum atomic E-state index is 11.6. The summed E-state index contributed by atoms with van der Waals surface area (Å²) in [5.74, 6) is -1.15. The number of urea groups is 1. The van der Waals surface area contributed by atoms with E-state index in [2.05, 4.69) is 15.4 Å². The predicted molar refractivity (Wildman–Crippen MR) is 78.3 cm³/mol. The van der Waals surface area contributed by atoms with Crippen LogP contribution in [0.1, 0.15) is 10.4 Å². The maximum Gasteiger partial charge on any atom is 0.335 e. The summed E-state index contributed by atoms with van der Waals surface area (Å²) in [7, 11) is -3.31. The first-order chi connectivity index (χ1) is 9.69. The highest BCUT2D eigenvalue weighted by atomic mass is 35.5. The number of carboxylic acid groups (broad SMARTS) is 1. The SMILES string of the molecule is CS(=O)(=O)NCCNC(=O)Nc1cc(C(=O)O)ccc1Cl. The molecule has 8 nitrogen and oxygen atoms in total. The number of anilines is 1. The van der Waals surface area contributed by atoms with Gasteiger partial charge in [-0.15, -0.1) is 0 Å². The number of halogens is 1. The number of hydrogen-bond donors (Lipinski definition) is 4. The van der Waals surface area contributed by atoms with Crippen LogP contribution in [0.3, 0.4) is 0 Å². The molecular weight excluding hydrogens is 322 g/mol. The zero-order valence-corrected chi connectivity index (χ0v) is 12.6. The molecule has 0 spiro atoms. The average molecular weight is 336 g/mol. The molecule has 0 aliphatic carbocycles. The highest BCUT2D eigenvalue weighted by Crippen LogP contribution is 2.22. The van der Waals surface area contributed by atoms with E-state index < -0.39 is 22.0 Å². The van der Waals surface area contributed by atoms with Gasteiger partial charge in [0.2, 0.25) is 10.0 Å². The second-order valence-electron chi connectivity index (χ2n) is 4.05. The Morgan fingerprint density at radius 1 is 1.29 bits per heavy atom. The minimum absolute atomic E-state index is 0.0200. The zero-order chi connectivity index (χ0) is 16.0. The van der Waals surface area contributed by atoms with Crippen molar-refractivity contribution in [1.82, 2.24) is 10.0 Å². The first-order valence-electron chi connectivity index (χ1n) is 5.71. The number of aromatic carboxylic acids is 1. The fraction of sp³-hybridized carbons (Fsp3) is 0.273. The Balaban J connectivity index is 2.55. The largest absolute Gasteiger partial charge is 0.478 e. The van der Waals surface area contributed by atoms with Gasteiger partial charge in [-0.1, -0.05) is 11.6 Å². The Morgan fingerprint density at radius 3 is 2.52 bits per heavy atom. The van der Waals surface area contributed by atoms with Crippen molar-refractivity contribution >= 4 is 39.3 Å². The number of carbonyl (C=O) groups excluding carboxylic acids is 1. The van der Waals surface area contributed by atoms with Crippen molar-refractivity contribution in [2.45, 2.75) is 0 Å². The third kappa shape index (κ3) is 6.43. The lowest BCUT2D eigenvalue weighted by Gasteiger charge is -2.10. The van der Waals surface area contributed by atoms with Crippen molar-refractivity contribution < 1.29 is 23.1 Å². The first-order valence-corrected chi connectivity index (χ1v) is 7.98. The predicted octanol–water partition coefficient (Wildman–Crippen LogP) is 0.709. The second kappa shape index (κ2) is 7.25. The minimum atomic E-state index is -3.31. The van der Waals surface area contributed by atoms with Gasteiger partial charge in [-0.2, -0.15) is 0 Å². The Morgan fingerprint density at radius 2 is 1.95 bits per heavy atom. The summed E-state index contributed by atoms with van der Waals surface area (Å²) in [4.78, 5) is 22.4.